The molecule has 1 amide bonds. The van der Waals surface area contributed by atoms with Gasteiger partial charge in [-0.05, 0) is 37.9 Å². The number of hydrogen-bond donors (Lipinski definition) is 3. The van der Waals surface area contributed by atoms with Crippen molar-refractivity contribution in [3.8, 4) is 5.75 Å². The lowest BCUT2D eigenvalue weighted by molar-refractivity contribution is 0.0939. The Morgan fingerprint density at radius 1 is 1.38 bits per heavy atom. The van der Waals surface area contributed by atoms with E-state index < -0.39 is 34.7 Å². The average Bonchev–Trinajstić information content (AvgIpc) is 2.47. The van der Waals surface area contributed by atoms with Crippen molar-refractivity contribution in [3.05, 3.63) is 29.1 Å². The summed E-state index contributed by atoms with van der Waals surface area (Å²) in [5.74, 6) is -6.75. The minimum Gasteiger partial charge on any atom is -0.503 e. The summed E-state index contributed by atoms with van der Waals surface area (Å²) in [6.45, 7) is 1.98. The Morgan fingerprint density at radius 2 is 2.10 bits per heavy atom. The van der Waals surface area contributed by atoms with Crippen molar-refractivity contribution < 1.29 is 23.1 Å². The van der Waals surface area contributed by atoms with E-state index in [9.17, 15) is 18.0 Å². The number of hydrogen-bond acceptors (Lipinski definition) is 3. The molecule has 0 aliphatic carbocycles. The topological polar surface area (TPSA) is 61.4 Å². The average molecular weight is 325 g/mol. The molecule has 1 saturated heterocycles. The highest BCUT2D eigenvalue weighted by atomic mass is 35.5. The van der Waals surface area contributed by atoms with Crippen LogP contribution < -0.4 is 10.6 Å². The van der Waals surface area contributed by atoms with Crippen molar-refractivity contribution in [3.63, 3.8) is 0 Å². The fraction of sp³-hybridized carbons (Fsp3) is 0.462. The molecule has 0 spiro atoms. The smallest absolute Gasteiger partial charge is 0.254 e. The van der Waals surface area contributed by atoms with Crippen LogP contribution in [0.15, 0.2) is 6.07 Å². The number of benzene rings is 1. The maximum atomic E-state index is 13.5. The third-order valence-electron chi connectivity index (χ3n) is 3.33. The molecule has 2 rings (SSSR count). The van der Waals surface area contributed by atoms with Crippen molar-refractivity contribution in [1.29, 1.82) is 0 Å². The number of amides is 1. The molecule has 1 atom stereocenters. The molecule has 0 radical (unpaired) electrons. The van der Waals surface area contributed by atoms with Crippen LogP contribution in [0.4, 0.5) is 13.2 Å². The van der Waals surface area contributed by atoms with Gasteiger partial charge in [0.1, 0.15) is 0 Å². The summed E-state index contributed by atoms with van der Waals surface area (Å²) in [7, 11) is 0. The Bertz CT molecular complexity index is 523. The van der Waals surface area contributed by atoms with Gasteiger partial charge in [0.25, 0.3) is 5.91 Å². The van der Waals surface area contributed by atoms with Gasteiger partial charge in [-0.2, -0.15) is 4.39 Å². The second kappa shape index (κ2) is 7.51. The van der Waals surface area contributed by atoms with Crippen molar-refractivity contribution in [2.24, 2.45) is 5.92 Å². The van der Waals surface area contributed by atoms with Gasteiger partial charge in [0.15, 0.2) is 17.4 Å². The van der Waals surface area contributed by atoms with Gasteiger partial charge in [0.2, 0.25) is 5.82 Å². The van der Waals surface area contributed by atoms with Gasteiger partial charge in [0.05, 0.1) is 5.56 Å². The Hall–Kier alpha value is -1.47. The molecule has 1 heterocycles. The lowest BCUT2D eigenvalue weighted by atomic mass is 9.99. The van der Waals surface area contributed by atoms with E-state index in [1.54, 1.807) is 0 Å². The lowest BCUT2D eigenvalue weighted by Crippen LogP contribution is -2.38. The lowest BCUT2D eigenvalue weighted by Gasteiger charge is -2.22. The van der Waals surface area contributed by atoms with E-state index in [0.29, 0.717) is 12.6 Å². The molecule has 118 valence electrons. The summed E-state index contributed by atoms with van der Waals surface area (Å²) in [4.78, 5) is 11.8. The fourth-order valence-electron chi connectivity index (χ4n) is 2.19. The summed E-state index contributed by atoms with van der Waals surface area (Å²) in [6.07, 6.45) is 1.92. The van der Waals surface area contributed by atoms with E-state index in [2.05, 4.69) is 10.6 Å². The predicted octanol–water partition coefficient (Wildman–Crippen LogP) is 1.96. The molecule has 1 fully saturated rings. The zero-order valence-electron chi connectivity index (χ0n) is 11.1. The summed E-state index contributed by atoms with van der Waals surface area (Å²) < 4.78 is 39.5. The molecule has 1 aromatic carbocycles. The van der Waals surface area contributed by atoms with E-state index in [1.165, 1.54) is 0 Å². The van der Waals surface area contributed by atoms with Gasteiger partial charge >= 0.3 is 0 Å². The third-order valence-corrected chi connectivity index (χ3v) is 3.33. The molecular formula is C13H16ClF3N2O2. The quantitative estimate of drug-likeness (QED) is 0.745. The van der Waals surface area contributed by atoms with Crippen LogP contribution in [0.25, 0.3) is 0 Å². The molecule has 1 aliphatic rings. The molecule has 1 aliphatic heterocycles. The maximum absolute atomic E-state index is 13.5. The molecule has 3 N–H and O–H groups in total. The van der Waals surface area contributed by atoms with Crippen LogP contribution in [-0.2, 0) is 0 Å². The van der Waals surface area contributed by atoms with E-state index in [1.807, 2.05) is 0 Å². The minimum absolute atomic E-state index is 0. The number of carbonyl (C=O) groups excluding carboxylic acids is 1. The number of rotatable bonds is 3. The zero-order valence-corrected chi connectivity index (χ0v) is 11.9. The van der Waals surface area contributed by atoms with Crippen molar-refractivity contribution in [2.45, 2.75) is 12.8 Å². The largest absolute Gasteiger partial charge is 0.503 e. The monoisotopic (exact) mass is 324 g/mol. The molecule has 0 saturated carbocycles. The highest BCUT2D eigenvalue weighted by Crippen LogP contribution is 2.25. The van der Waals surface area contributed by atoms with Gasteiger partial charge in [0, 0.05) is 6.54 Å². The first-order valence-electron chi connectivity index (χ1n) is 6.36. The second-order valence-corrected chi connectivity index (χ2v) is 4.80. The second-order valence-electron chi connectivity index (χ2n) is 4.80. The summed E-state index contributed by atoms with van der Waals surface area (Å²) in [5.41, 5.74) is -0.704. The van der Waals surface area contributed by atoms with Gasteiger partial charge in [-0.3, -0.25) is 4.79 Å². The molecule has 8 heteroatoms. The summed E-state index contributed by atoms with van der Waals surface area (Å²) in [5, 5.41) is 14.7. The first-order chi connectivity index (χ1) is 9.50. The van der Waals surface area contributed by atoms with Crippen LogP contribution in [0.2, 0.25) is 0 Å². The zero-order chi connectivity index (χ0) is 14.7. The summed E-state index contributed by atoms with van der Waals surface area (Å²) >= 11 is 0. The van der Waals surface area contributed by atoms with Crippen LogP contribution in [0.5, 0.6) is 5.75 Å². The molecule has 0 bridgehead atoms. The van der Waals surface area contributed by atoms with E-state index >= 15 is 0 Å². The molecule has 1 aromatic rings. The standard InChI is InChI=1S/C13H15F3N2O2.ClH/c14-9-4-8(10(15)12(19)11(9)16)13(20)18-6-7-2-1-3-17-5-7;/h4,7,17,19H,1-3,5-6H2,(H,18,20);1H. The minimum atomic E-state index is -1.70. The number of nitrogens with one attached hydrogen (secondary N) is 2. The van der Waals surface area contributed by atoms with Crippen LogP contribution in [0.1, 0.15) is 23.2 Å². The number of phenols is 1. The van der Waals surface area contributed by atoms with E-state index in [0.717, 1.165) is 25.9 Å². The predicted molar refractivity (Wildman–Crippen MR) is 73.2 cm³/mol. The normalized spacial score (nSPS) is 18.0. The van der Waals surface area contributed by atoms with Gasteiger partial charge in [-0.1, -0.05) is 0 Å². The Balaban J connectivity index is 0.00000220. The van der Waals surface area contributed by atoms with Gasteiger partial charge in [-0.25, -0.2) is 8.78 Å². The first-order valence-corrected chi connectivity index (χ1v) is 6.36. The highest BCUT2D eigenvalue weighted by Gasteiger charge is 2.23. The van der Waals surface area contributed by atoms with E-state index in [4.69, 9.17) is 5.11 Å². The van der Waals surface area contributed by atoms with Gasteiger partial charge < -0.3 is 15.7 Å². The number of aromatic hydroxyl groups is 1. The van der Waals surface area contributed by atoms with Crippen LogP contribution in [0.3, 0.4) is 0 Å². The molecule has 21 heavy (non-hydrogen) atoms. The number of carbonyl (C=O) groups is 1. The van der Waals surface area contributed by atoms with Gasteiger partial charge in [-0.15, -0.1) is 12.4 Å². The molecule has 1 unspecified atom stereocenters. The maximum Gasteiger partial charge on any atom is 0.254 e. The molecule has 4 nitrogen and oxygen atoms in total. The Kier molecular flexibility index (Phi) is 6.29. The highest BCUT2D eigenvalue weighted by molar-refractivity contribution is 5.95. The Morgan fingerprint density at radius 3 is 2.71 bits per heavy atom. The summed E-state index contributed by atoms with van der Waals surface area (Å²) in [6, 6.07) is 0.443. The number of piperidine rings is 1. The van der Waals surface area contributed by atoms with Crippen molar-refractivity contribution >= 4 is 18.3 Å². The van der Waals surface area contributed by atoms with Crippen LogP contribution >= 0.6 is 12.4 Å². The van der Waals surface area contributed by atoms with Crippen molar-refractivity contribution in [2.75, 3.05) is 19.6 Å². The Labute approximate surface area is 126 Å². The van der Waals surface area contributed by atoms with E-state index in [-0.39, 0.29) is 18.3 Å². The van der Waals surface area contributed by atoms with Crippen LogP contribution in [-0.4, -0.2) is 30.6 Å². The molecular weight excluding hydrogens is 309 g/mol. The molecule has 0 aromatic heterocycles. The van der Waals surface area contributed by atoms with Crippen LogP contribution in [0, 0.1) is 23.4 Å². The SMILES string of the molecule is Cl.O=C(NCC1CCCNC1)c1cc(F)c(F)c(O)c1F. The number of halogens is 4. The first kappa shape index (κ1) is 17.6. The fourth-order valence-corrected chi connectivity index (χ4v) is 2.19. The number of phenolic OH excluding ortho intramolecular Hbond substituents is 1. The third kappa shape index (κ3) is 4.01. The van der Waals surface area contributed by atoms with Crippen molar-refractivity contribution in [1.82, 2.24) is 10.6 Å².